The van der Waals surface area contributed by atoms with Crippen LogP contribution in [-0.2, 0) is 0 Å². The molecule has 0 saturated heterocycles. The van der Waals surface area contributed by atoms with Crippen LogP contribution in [0, 0.1) is 0 Å². The zero-order valence-corrected chi connectivity index (χ0v) is 22.2. The summed E-state index contributed by atoms with van der Waals surface area (Å²) in [4.78, 5) is 15.2. The van der Waals surface area contributed by atoms with Crippen LogP contribution in [0.15, 0.2) is 138 Å². The van der Waals surface area contributed by atoms with Gasteiger partial charge in [0.1, 0.15) is 11.2 Å². The predicted molar refractivity (Wildman–Crippen MR) is 167 cm³/mol. The zero-order valence-electron chi connectivity index (χ0n) is 22.2. The van der Waals surface area contributed by atoms with E-state index in [-0.39, 0.29) is 5.92 Å². The summed E-state index contributed by atoms with van der Waals surface area (Å²) in [5.41, 5.74) is 8.48. The van der Waals surface area contributed by atoms with Crippen molar-refractivity contribution in [3.63, 3.8) is 0 Å². The molecule has 4 nitrogen and oxygen atoms in total. The highest BCUT2D eigenvalue weighted by molar-refractivity contribution is 6.15. The number of aromatic nitrogens is 3. The Kier molecular flexibility index (Phi) is 5.56. The summed E-state index contributed by atoms with van der Waals surface area (Å²) in [5.74, 6) is 0.901. The summed E-state index contributed by atoms with van der Waals surface area (Å²) in [6.07, 6.45) is 9.58. The van der Waals surface area contributed by atoms with E-state index in [0.717, 1.165) is 73.0 Å². The highest BCUT2D eigenvalue weighted by atomic mass is 16.3. The third-order valence-electron chi connectivity index (χ3n) is 7.79. The fourth-order valence-electron chi connectivity index (χ4n) is 5.77. The second kappa shape index (κ2) is 9.68. The van der Waals surface area contributed by atoms with Gasteiger partial charge < -0.3 is 4.42 Å². The van der Waals surface area contributed by atoms with Crippen molar-refractivity contribution in [3.05, 3.63) is 139 Å². The molecule has 0 radical (unpaired) electrons. The minimum Gasteiger partial charge on any atom is -0.455 e. The van der Waals surface area contributed by atoms with E-state index in [1.54, 1.807) is 0 Å². The minimum atomic E-state index is 0.205. The van der Waals surface area contributed by atoms with Crippen molar-refractivity contribution in [1.82, 2.24) is 15.0 Å². The van der Waals surface area contributed by atoms with Crippen LogP contribution in [0.1, 0.15) is 18.0 Å². The third kappa shape index (κ3) is 4.12. The summed E-state index contributed by atoms with van der Waals surface area (Å²) in [5, 5.41) is 3.17. The van der Waals surface area contributed by atoms with Gasteiger partial charge in [-0.3, -0.25) is 4.98 Å². The summed E-state index contributed by atoms with van der Waals surface area (Å²) in [7, 11) is 0. The number of pyridine rings is 1. The monoisotopic (exact) mass is 527 g/mol. The molecule has 0 spiro atoms. The van der Waals surface area contributed by atoms with Gasteiger partial charge in [-0.2, -0.15) is 0 Å². The number of rotatable bonds is 4. The molecule has 8 rings (SSSR count). The number of hydrogen-bond acceptors (Lipinski definition) is 4. The molecule has 41 heavy (non-hydrogen) atoms. The molecule has 4 heteroatoms. The van der Waals surface area contributed by atoms with E-state index in [2.05, 4.69) is 72.8 Å². The normalized spacial score (nSPS) is 14.8. The summed E-state index contributed by atoms with van der Waals surface area (Å²) in [6.45, 7) is 0. The molecule has 0 bridgehead atoms. The van der Waals surface area contributed by atoms with Crippen LogP contribution in [0.2, 0.25) is 0 Å². The maximum Gasteiger partial charge on any atom is 0.160 e. The van der Waals surface area contributed by atoms with Crippen molar-refractivity contribution in [2.75, 3.05) is 0 Å². The van der Waals surface area contributed by atoms with Crippen LogP contribution in [0.5, 0.6) is 0 Å². The van der Waals surface area contributed by atoms with E-state index in [9.17, 15) is 0 Å². The Labute approximate surface area is 237 Å². The first kappa shape index (κ1) is 23.5. The van der Waals surface area contributed by atoms with Crippen LogP contribution in [0.3, 0.4) is 0 Å². The average molecular weight is 528 g/mol. The first-order valence-electron chi connectivity index (χ1n) is 13.9. The first-order valence-corrected chi connectivity index (χ1v) is 13.9. The lowest BCUT2D eigenvalue weighted by Crippen LogP contribution is -2.01. The van der Waals surface area contributed by atoms with Crippen LogP contribution in [0.25, 0.3) is 66.7 Å². The van der Waals surface area contributed by atoms with E-state index < -0.39 is 0 Å². The molecule has 1 atom stereocenters. The van der Waals surface area contributed by atoms with Crippen molar-refractivity contribution in [3.8, 4) is 33.9 Å². The molecule has 194 valence electrons. The number of benzene rings is 4. The highest BCUT2D eigenvalue weighted by Gasteiger charge is 2.22. The standard InChI is InChI=1S/C37H25N3O/c1-4-12-24(13-5-1)31-23-32(40-37(39-31)26-16-8-3-9-17-26)27-20-21-30-29(22-27)36-34(28-18-10-11-19-33(28)41-36)35(38-30)25-14-6-2-7-15-25/h1-14,16-23,25H,15H2. The molecule has 0 fully saturated rings. The third-order valence-corrected chi connectivity index (χ3v) is 7.79. The van der Waals surface area contributed by atoms with Gasteiger partial charge >= 0.3 is 0 Å². The van der Waals surface area contributed by atoms with Gasteiger partial charge in [-0.1, -0.05) is 109 Å². The Balaban J connectivity index is 1.37. The Morgan fingerprint density at radius 3 is 2.12 bits per heavy atom. The maximum atomic E-state index is 6.56. The lowest BCUT2D eigenvalue weighted by molar-refractivity contribution is 0.671. The lowest BCUT2D eigenvalue weighted by Gasteiger charge is -2.15. The number of para-hydroxylation sites is 1. The Hall–Kier alpha value is -5.35. The molecule has 4 aromatic carbocycles. The number of fused-ring (bicyclic) bond motifs is 5. The average Bonchev–Trinajstić information content (AvgIpc) is 3.45. The van der Waals surface area contributed by atoms with Gasteiger partial charge in [-0.25, -0.2) is 9.97 Å². The molecular weight excluding hydrogens is 502 g/mol. The van der Waals surface area contributed by atoms with Crippen molar-refractivity contribution < 1.29 is 4.42 Å². The van der Waals surface area contributed by atoms with E-state index in [1.807, 2.05) is 60.7 Å². The molecule has 0 saturated carbocycles. The SMILES string of the molecule is C1=CCC(c2nc3ccc(-c4cc(-c5ccccc5)nc(-c5ccccc5)n4)cc3c3oc4ccccc4c23)C=C1. The van der Waals surface area contributed by atoms with Gasteiger partial charge in [0.15, 0.2) is 5.82 Å². The maximum absolute atomic E-state index is 6.56. The van der Waals surface area contributed by atoms with Crippen molar-refractivity contribution >= 4 is 32.8 Å². The minimum absolute atomic E-state index is 0.205. The molecule has 1 unspecified atom stereocenters. The van der Waals surface area contributed by atoms with Gasteiger partial charge in [0.25, 0.3) is 0 Å². The number of nitrogens with zero attached hydrogens (tertiary/aromatic N) is 3. The molecule has 7 aromatic rings. The van der Waals surface area contributed by atoms with Crippen LogP contribution >= 0.6 is 0 Å². The van der Waals surface area contributed by atoms with Crippen LogP contribution < -0.4 is 0 Å². The largest absolute Gasteiger partial charge is 0.455 e. The molecule has 1 aliphatic rings. The molecule has 0 aliphatic heterocycles. The molecule has 1 aliphatic carbocycles. The number of hydrogen-bond donors (Lipinski definition) is 0. The van der Waals surface area contributed by atoms with E-state index in [1.165, 1.54) is 0 Å². The van der Waals surface area contributed by atoms with E-state index in [4.69, 9.17) is 19.4 Å². The molecular formula is C37H25N3O. The number of allylic oxidation sites excluding steroid dienone is 4. The lowest BCUT2D eigenvalue weighted by atomic mass is 9.92. The van der Waals surface area contributed by atoms with E-state index in [0.29, 0.717) is 5.82 Å². The van der Waals surface area contributed by atoms with Crippen LogP contribution in [-0.4, -0.2) is 15.0 Å². The van der Waals surface area contributed by atoms with Gasteiger partial charge in [0, 0.05) is 33.4 Å². The van der Waals surface area contributed by atoms with Gasteiger partial charge in [-0.15, -0.1) is 0 Å². The number of furan rings is 1. The smallest absolute Gasteiger partial charge is 0.160 e. The molecule has 3 heterocycles. The Morgan fingerprint density at radius 2 is 1.34 bits per heavy atom. The molecule has 0 amide bonds. The van der Waals surface area contributed by atoms with Crippen molar-refractivity contribution in [1.29, 1.82) is 0 Å². The fourth-order valence-corrected chi connectivity index (χ4v) is 5.77. The van der Waals surface area contributed by atoms with Crippen molar-refractivity contribution in [2.45, 2.75) is 12.3 Å². The summed E-state index contributed by atoms with van der Waals surface area (Å²) < 4.78 is 6.56. The second-order valence-electron chi connectivity index (χ2n) is 10.4. The highest BCUT2D eigenvalue weighted by Crippen LogP contribution is 2.40. The molecule has 3 aromatic heterocycles. The Morgan fingerprint density at radius 1 is 0.610 bits per heavy atom. The Bertz CT molecular complexity index is 2070. The zero-order chi connectivity index (χ0) is 27.2. The van der Waals surface area contributed by atoms with E-state index >= 15 is 0 Å². The van der Waals surface area contributed by atoms with Gasteiger partial charge in [0.2, 0.25) is 0 Å². The summed E-state index contributed by atoms with van der Waals surface area (Å²) in [6, 6.07) is 37.1. The van der Waals surface area contributed by atoms with Gasteiger partial charge in [-0.05, 0) is 30.7 Å². The first-order chi connectivity index (χ1) is 20.3. The quantitative estimate of drug-likeness (QED) is 0.229. The fraction of sp³-hybridized carbons (Fsp3) is 0.0541. The molecule has 0 N–H and O–H groups in total. The van der Waals surface area contributed by atoms with Crippen molar-refractivity contribution in [2.24, 2.45) is 0 Å². The predicted octanol–water partition coefficient (Wildman–Crippen LogP) is 9.52. The van der Waals surface area contributed by atoms with Gasteiger partial charge in [0.05, 0.1) is 28.0 Å². The van der Waals surface area contributed by atoms with Crippen LogP contribution in [0.4, 0.5) is 0 Å². The summed E-state index contributed by atoms with van der Waals surface area (Å²) >= 11 is 0. The topological polar surface area (TPSA) is 51.8 Å². The second-order valence-corrected chi connectivity index (χ2v) is 10.4.